The van der Waals surface area contributed by atoms with Gasteiger partial charge in [-0.3, -0.25) is 14.5 Å². The lowest BCUT2D eigenvalue weighted by Crippen LogP contribution is -2.33. The minimum Gasteiger partial charge on any atom is -0.269 e. The third kappa shape index (κ3) is 1.63. The third-order valence-corrected chi connectivity index (χ3v) is 4.12. The van der Waals surface area contributed by atoms with Gasteiger partial charge in [0.05, 0.1) is 22.9 Å². The first kappa shape index (κ1) is 12.2. The van der Waals surface area contributed by atoms with Gasteiger partial charge in [0, 0.05) is 0 Å². The minimum atomic E-state index is -0.586. The molecule has 0 N–H and O–H groups in total. The predicted octanol–water partition coefficient (Wildman–Crippen LogP) is 2.50. The molecule has 4 nitrogen and oxygen atoms in total. The predicted molar refractivity (Wildman–Crippen MR) is 72.2 cm³/mol. The minimum absolute atomic E-state index is 0.320. The molecule has 1 aromatic heterocycles. The van der Waals surface area contributed by atoms with Crippen LogP contribution in [0.15, 0.2) is 36.4 Å². The van der Waals surface area contributed by atoms with Crippen molar-refractivity contribution in [1.29, 1.82) is 0 Å². The average molecular weight is 282 g/mol. The monoisotopic (exact) mass is 282 g/mol. The number of benzene rings is 1. The summed E-state index contributed by atoms with van der Waals surface area (Å²) < 4.78 is 13.4. The fraction of sp³-hybridized carbons (Fsp3) is 0.188. The summed E-state index contributed by atoms with van der Waals surface area (Å²) in [6.45, 7) is 0. The van der Waals surface area contributed by atoms with E-state index in [0.29, 0.717) is 29.7 Å². The van der Waals surface area contributed by atoms with Crippen LogP contribution in [0.5, 0.6) is 0 Å². The van der Waals surface area contributed by atoms with Crippen molar-refractivity contribution in [2.75, 3.05) is 0 Å². The van der Waals surface area contributed by atoms with Crippen molar-refractivity contribution < 1.29 is 14.0 Å². The fourth-order valence-electron chi connectivity index (χ4n) is 3.15. The molecule has 0 radical (unpaired) electrons. The van der Waals surface area contributed by atoms with Crippen LogP contribution in [0.1, 0.15) is 44.4 Å². The molecule has 21 heavy (non-hydrogen) atoms. The van der Waals surface area contributed by atoms with Crippen molar-refractivity contribution in [3.8, 4) is 0 Å². The van der Waals surface area contributed by atoms with Gasteiger partial charge in [-0.05, 0) is 36.6 Å². The van der Waals surface area contributed by atoms with E-state index in [-0.39, 0.29) is 11.8 Å². The van der Waals surface area contributed by atoms with Crippen molar-refractivity contribution in [3.63, 3.8) is 0 Å². The van der Waals surface area contributed by atoms with Gasteiger partial charge in [-0.2, -0.15) is 4.39 Å². The van der Waals surface area contributed by atoms with Gasteiger partial charge < -0.3 is 0 Å². The lowest BCUT2D eigenvalue weighted by Gasteiger charge is -2.22. The van der Waals surface area contributed by atoms with Gasteiger partial charge >= 0.3 is 0 Å². The Morgan fingerprint density at radius 1 is 1.05 bits per heavy atom. The summed E-state index contributed by atoms with van der Waals surface area (Å²) in [6.07, 6.45) is 1.29. The lowest BCUT2D eigenvalue weighted by atomic mass is 10.1. The summed E-state index contributed by atoms with van der Waals surface area (Å²) >= 11 is 0. The number of aromatic nitrogens is 1. The highest BCUT2D eigenvalue weighted by atomic mass is 19.1. The van der Waals surface area contributed by atoms with E-state index in [1.807, 2.05) is 0 Å². The number of amides is 2. The molecule has 2 amide bonds. The zero-order valence-corrected chi connectivity index (χ0v) is 11.0. The van der Waals surface area contributed by atoms with Gasteiger partial charge in [-0.15, -0.1) is 0 Å². The molecule has 0 fully saturated rings. The van der Waals surface area contributed by atoms with Crippen molar-refractivity contribution in [2.24, 2.45) is 0 Å². The van der Waals surface area contributed by atoms with Crippen molar-refractivity contribution in [2.45, 2.75) is 18.9 Å². The summed E-state index contributed by atoms with van der Waals surface area (Å²) in [5, 5.41) is 0. The molecule has 2 aromatic rings. The van der Waals surface area contributed by atoms with Crippen LogP contribution in [0.2, 0.25) is 0 Å². The molecule has 0 saturated carbocycles. The Labute approximate surface area is 120 Å². The SMILES string of the molecule is O=C1c2ccccc2C(=O)N1C1CCc2ccc(F)nc21. The quantitative estimate of drug-likeness (QED) is 0.596. The summed E-state index contributed by atoms with van der Waals surface area (Å²) in [4.78, 5) is 30.1. The molecular weight excluding hydrogens is 271 g/mol. The standard InChI is InChI=1S/C16H11FN2O2/c17-13-8-6-9-5-7-12(14(9)18-13)19-15(20)10-3-1-2-4-11(10)16(19)21/h1-4,6,8,12H,5,7H2. The third-order valence-electron chi connectivity index (χ3n) is 4.12. The number of hydrogen-bond acceptors (Lipinski definition) is 3. The average Bonchev–Trinajstić information content (AvgIpc) is 3.00. The second-order valence-electron chi connectivity index (χ2n) is 5.26. The van der Waals surface area contributed by atoms with Crippen LogP contribution in [0.4, 0.5) is 4.39 Å². The van der Waals surface area contributed by atoms with Gasteiger partial charge in [-0.1, -0.05) is 18.2 Å². The van der Waals surface area contributed by atoms with Gasteiger partial charge in [0.25, 0.3) is 11.8 Å². The molecule has 4 rings (SSSR count). The van der Waals surface area contributed by atoms with E-state index in [9.17, 15) is 14.0 Å². The number of rotatable bonds is 1. The Kier molecular flexibility index (Phi) is 2.45. The second kappa shape index (κ2) is 4.22. The summed E-state index contributed by atoms with van der Waals surface area (Å²) in [5.74, 6) is -1.23. The molecule has 104 valence electrons. The number of imide groups is 1. The molecule has 0 saturated heterocycles. The van der Waals surface area contributed by atoms with Crippen LogP contribution < -0.4 is 0 Å². The summed E-state index contributed by atoms with van der Waals surface area (Å²) in [7, 11) is 0. The molecule has 5 heteroatoms. The number of fused-ring (bicyclic) bond motifs is 2. The molecule has 0 spiro atoms. The first-order chi connectivity index (χ1) is 10.2. The topological polar surface area (TPSA) is 50.3 Å². The Bertz CT molecular complexity index is 753. The molecule has 1 atom stereocenters. The largest absolute Gasteiger partial charge is 0.269 e. The highest BCUT2D eigenvalue weighted by Crippen LogP contribution is 2.38. The number of carbonyl (C=O) groups is 2. The zero-order chi connectivity index (χ0) is 14.6. The Hall–Kier alpha value is -2.56. The number of nitrogens with zero attached hydrogens (tertiary/aromatic N) is 2. The van der Waals surface area contributed by atoms with Crippen LogP contribution in [-0.2, 0) is 6.42 Å². The molecule has 1 aliphatic heterocycles. The number of pyridine rings is 1. The van der Waals surface area contributed by atoms with E-state index in [0.717, 1.165) is 5.56 Å². The maximum absolute atomic E-state index is 13.4. The van der Waals surface area contributed by atoms with Crippen LogP contribution >= 0.6 is 0 Å². The second-order valence-corrected chi connectivity index (χ2v) is 5.26. The van der Waals surface area contributed by atoms with Gasteiger partial charge in [0.2, 0.25) is 5.95 Å². The fourth-order valence-corrected chi connectivity index (χ4v) is 3.15. The molecule has 1 aromatic carbocycles. The van der Waals surface area contributed by atoms with Crippen LogP contribution in [0.3, 0.4) is 0 Å². The highest BCUT2D eigenvalue weighted by molar-refractivity contribution is 6.21. The zero-order valence-electron chi connectivity index (χ0n) is 11.0. The van der Waals surface area contributed by atoms with Crippen molar-refractivity contribution in [1.82, 2.24) is 9.88 Å². The normalized spacial score (nSPS) is 19.9. The van der Waals surface area contributed by atoms with Crippen molar-refractivity contribution in [3.05, 3.63) is 64.7 Å². The van der Waals surface area contributed by atoms with E-state index >= 15 is 0 Å². The van der Waals surface area contributed by atoms with Crippen LogP contribution in [0, 0.1) is 5.95 Å². The van der Waals surface area contributed by atoms with E-state index < -0.39 is 12.0 Å². The van der Waals surface area contributed by atoms with E-state index in [1.54, 1.807) is 30.3 Å². The number of hydrogen-bond donors (Lipinski definition) is 0. The van der Waals surface area contributed by atoms with Gasteiger partial charge in [0.1, 0.15) is 0 Å². The van der Waals surface area contributed by atoms with E-state index in [1.165, 1.54) is 11.0 Å². The van der Waals surface area contributed by atoms with Gasteiger partial charge in [0.15, 0.2) is 0 Å². The van der Waals surface area contributed by atoms with E-state index in [4.69, 9.17) is 0 Å². The molecule has 1 unspecified atom stereocenters. The number of aryl methyl sites for hydroxylation is 1. The molecule has 2 heterocycles. The Morgan fingerprint density at radius 3 is 2.38 bits per heavy atom. The maximum atomic E-state index is 13.4. The molecule has 1 aliphatic carbocycles. The van der Waals surface area contributed by atoms with Crippen molar-refractivity contribution >= 4 is 11.8 Å². The smallest absolute Gasteiger partial charge is 0.262 e. The first-order valence-electron chi connectivity index (χ1n) is 6.79. The maximum Gasteiger partial charge on any atom is 0.262 e. The Balaban J connectivity index is 1.80. The summed E-state index contributed by atoms with van der Waals surface area (Å²) in [5.41, 5.74) is 2.22. The Morgan fingerprint density at radius 2 is 1.71 bits per heavy atom. The molecule has 0 bridgehead atoms. The van der Waals surface area contributed by atoms with Crippen LogP contribution in [0.25, 0.3) is 0 Å². The summed E-state index contributed by atoms with van der Waals surface area (Å²) in [6, 6.07) is 9.26. The number of carbonyl (C=O) groups excluding carboxylic acids is 2. The van der Waals surface area contributed by atoms with E-state index in [2.05, 4.69) is 4.98 Å². The highest BCUT2D eigenvalue weighted by Gasteiger charge is 2.43. The lowest BCUT2D eigenvalue weighted by molar-refractivity contribution is 0.0579. The number of halogens is 1. The molecular formula is C16H11FN2O2. The van der Waals surface area contributed by atoms with Crippen LogP contribution in [-0.4, -0.2) is 21.7 Å². The first-order valence-corrected chi connectivity index (χ1v) is 6.79. The van der Waals surface area contributed by atoms with Gasteiger partial charge in [-0.25, -0.2) is 4.98 Å². The molecule has 2 aliphatic rings.